The number of benzene rings is 2. The third-order valence-corrected chi connectivity index (χ3v) is 4.31. The van der Waals surface area contributed by atoms with Gasteiger partial charge in [-0.3, -0.25) is 0 Å². The molecule has 0 aliphatic carbocycles. The second-order valence-electron chi connectivity index (χ2n) is 5.90. The zero-order valence-corrected chi connectivity index (χ0v) is 13.6. The predicted molar refractivity (Wildman–Crippen MR) is 96.1 cm³/mol. The summed E-state index contributed by atoms with van der Waals surface area (Å²) in [7, 11) is 0. The van der Waals surface area contributed by atoms with Crippen LogP contribution in [0.3, 0.4) is 0 Å². The highest BCUT2D eigenvalue weighted by Gasteiger charge is 2.17. The maximum atomic E-state index is 11.4. The van der Waals surface area contributed by atoms with Gasteiger partial charge in [0.2, 0.25) is 0 Å². The number of carbonyl (C=O) groups is 1. The molecule has 4 rings (SSSR count). The van der Waals surface area contributed by atoms with Crippen molar-refractivity contribution in [2.45, 2.75) is 13.5 Å². The quantitative estimate of drug-likeness (QED) is 0.584. The highest BCUT2D eigenvalue weighted by atomic mass is 16.5. The lowest BCUT2D eigenvalue weighted by Gasteiger charge is -2.09. The average molecular weight is 332 g/mol. The number of aromatic amines is 1. The van der Waals surface area contributed by atoms with Gasteiger partial charge >= 0.3 is 5.97 Å². The molecule has 0 atom stereocenters. The first kappa shape index (κ1) is 15.2. The van der Waals surface area contributed by atoms with Crippen molar-refractivity contribution in [2.24, 2.45) is 0 Å². The highest BCUT2D eigenvalue weighted by Crippen LogP contribution is 2.35. The fourth-order valence-corrected chi connectivity index (χ4v) is 3.14. The van der Waals surface area contributed by atoms with Gasteiger partial charge in [-0.15, -0.1) is 0 Å². The second kappa shape index (κ2) is 5.94. The van der Waals surface area contributed by atoms with Crippen molar-refractivity contribution in [3.8, 4) is 5.75 Å². The number of rotatable bonds is 4. The number of ether oxygens (including phenoxy) is 1. The Balaban J connectivity index is 1.87. The van der Waals surface area contributed by atoms with Gasteiger partial charge in [0.1, 0.15) is 12.4 Å². The van der Waals surface area contributed by atoms with Crippen molar-refractivity contribution >= 4 is 27.8 Å². The minimum atomic E-state index is -1.03. The molecule has 25 heavy (non-hydrogen) atoms. The van der Waals surface area contributed by atoms with E-state index in [-0.39, 0.29) is 5.69 Å². The molecule has 2 heterocycles. The smallest absolute Gasteiger partial charge is 0.354 e. The number of aryl methyl sites for hydroxylation is 1. The summed E-state index contributed by atoms with van der Waals surface area (Å²) in [5.74, 6) is -0.310. The van der Waals surface area contributed by atoms with Crippen LogP contribution in [-0.2, 0) is 6.61 Å². The number of H-pyrrole nitrogens is 1. The zero-order valence-electron chi connectivity index (χ0n) is 13.6. The number of nitrogens with one attached hydrogen (secondary N) is 1. The third kappa shape index (κ3) is 2.59. The van der Waals surface area contributed by atoms with E-state index in [0.717, 1.165) is 33.1 Å². The largest absolute Gasteiger partial charge is 0.488 e. The fourth-order valence-electron chi connectivity index (χ4n) is 3.14. The van der Waals surface area contributed by atoms with Crippen molar-refractivity contribution in [1.29, 1.82) is 0 Å². The fraction of sp³-hybridized carbons (Fsp3) is 0.100. The van der Waals surface area contributed by atoms with Crippen LogP contribution in [0.15, 0.2) is 54.7 Å². The SMILES string of the molecule is Cc1c(C(=O)O)ncc2[nH]c3cccc(OCc4ccccc4)c3c12. The molecule has 124 valence electrons. The first-order valence-corrected chi connectivity index (χ1v) is 7.95. The molecule has 2 N–H and O–H groups in total. The van der Waals surface area contributed by atoms with E-state index in [4.69, 9.17) is 4.74 Å². The molecule has 5 nitrogen and oxygen atoms in total. The summed E-state index contributed by atoms with van der Waals surface area (Å²) < 4.78 is 6.04. The van der Waals surface area contributed by atoms with Gasteiger partial charge in [-0.05, 0) is 30.2 Å². The molecule has 0 aliphatic rings. The summed E-state index contributed by atoms with van der Waals surface area (Å²) in [6.45, 7) is 2.22. The normalized spacial score (nSPS) is 11.1. The molecular formula is C20H16N2O3. The van der Waals surface area contributed by atoms with Crippen LogP contribution in [-0.4, -0.2) is 21.0 Å². The van der Waals surface area contributed by atoms with Crippen LogP contribution in [0, 0.1) is 6.92 Å². The maximum absolute atomic E-state index is 11.4. The number of pyridine rings is 1. The number of hydrogen-bond acceptors (Lipinski definition) is 3. The summed E-state index contributed by atoms with van der Waals surface area (Å²) in [5.41, 5.74) is 3.46. The molecule has 0 saturated carbocycles. The topological polar surface area (TPSA) is 75.2 Å². The number of fused-ring (bicyclic) bond motifs is 3. The lowest BCUT2D eigenvalue weighted by atomic mass is 10.1. The van der Waals surface area contributed by atoms with Crippen LogP contribution in [0.1, 0.15) is 21.6 Å². The van der Waals surface area contributed by atoms with E-state index < -0.39 is 5.97 Å². The van der Waals surface area contributed by atoms with Gasteiger partial charge < -0.3 is 14.8 Å². The van der Waals surface area contributed by atoms with Crippen LogP contribution < -0.4 is 4.74 Å². The Kier molecular flexibility index (Phi) is 3.61. The summed E-state index contributed by atoms with van der Waals surface area (Å²) in [6.07, 6.45) is 1.56. The highest BCUT2D eigenvalue weighted by molar-refractivity contribution is 6.13. The summed E-state index contributed by atoms with van der Waals surface area (Å²) in [6, 6.07) is 15.7. The standard InChI is InChI=1S/C20H16N2O3/c1-12-17-15(10-21-19(12)20(23)24)22-14-8-5-9-16(18(14)17)25-11-13-6-3-2-4-7-13/h2-10,22H,11H2,1H3,(H,23,24). The monoisotopic (exact) mass is 332 g/mol. The number of aromatic nitrogens is 2. The first-order valence-electron chi connectivity index (χ1n) is 7.95. The predicted octanol–water partition coefficient (Wildman–Crippen LogP) is 4.30. The molecule has 0 fully saturated rings. The second-order valence-corrected chi connectivity index (χ2v) is 5.90. The zero-order chi connectivity index (χ0) is 17.4. The summed E-state index contributed by atoms with van der Waals surface area (Å²) in [4.78, 5) is 18.8. The Morgan fingerprint density at radius 1 is 1.08 bits per heavy atom. The molecule has 4 aromatic rings. The molecule has 0 unspecified atom stereocenters. The lowest BCUT2D eigenvalue weighted by Crippen LogP contribution is -2.03. The molecule has 0 radical (unpaired) electrons. The van der Waals surface area contributed by atoms with E-state index in [0.29, 0.717) is 12.2 Å². The van der Waals surface area contributed by atoms with Crippen LogP contribution in [0.2, 0.25) is 0 Å². The van der Waals surface area contributed by atoms with Crippen molar-refractivity contribution in [3.63, 3.8) is 0 Å². The van der Waals surface area contributed by atoms with E-state index in [1.807, 2.05) is 48.5 Å². The first-order chi connectivity index (χ1) is 12.1. The number of hydrogen-bond donors (Lipinski definition) is 2. The summed E-state index contributed by atoms with van der Waals surface area (Å²) >= 11 is 0. The number of nitrogens with zero attached hydrogens (tertiary/aromatic N) is 1. The van der Waals surface area contributed by atoms with Gasteiger partial charge in [0.15, 0.2) is 5.69 Å². The van der Waals surface area contributed by atoms with Gasteiger partial charge in [-0.2, -0.15) is 0 Å². The summed E-state index contributed by atoms with van der Waals surface area (Å²) in [5, 5.41) is 11.1. The minimum absolute atomic E-state index is 0.0614. The molecule has 2 aromatic carbocycles. The number of aromatic carboxylic acids is 1. The minimum Gasteiger partial charge on any atom is -0.488 e. The molecule has 0 saturated heterocycles. The van der Waals surface area contributed by atoms with Crippen LogP contribution in [0.4, 0.5) is 0 Å². The van der Waals surface area contributed by atoms with E-state index >= 15 is 0 Å². The maximum Gasteiger partial charge on any atom is 0.354 e. The number of carboxylic acid groups (broad SMARTS) is 1. The van der Waals surface area contributed by atoms with E-state index in [1.165, 1.54) is 0 Å². The van der Waals surface area contributed by atoms with Crippen molar-refractivity contribution in [3.05, 3.63) is 71.5 Å². The molecule has 2 aromatic heterocycles. The van der Waals surface area contributed by atoms with Gasteiger partial charge in [0.05, 0.1) is 17.2 Å². The Labute approximate surface area is 143 Å². The van der Waals surface area contributed by atoms with Gasteiger partial charge in [-0.1, -0.05) is 36.4 Å². The van der Waals surface area contributed by atoms with Crippen LogP contribution in [0.25, 0.3) is 21.8 Å². The molecular weight excluding hydrogens is 316 g/mol. The third-order valence-electron chi connectivity index (χ3n) is 4.31. The van der Waals surface area contributed by atoms with Gasteiger partial charge in [-0.25, -0.2) is 9.78 Å². The lowest BCUT2D eigenvalue weighted by molar-refractivity contribution is 0.0690. The van der Waals surface area contributed by atoms with Crippen LogP contribution in [0.5, 0.6) is 5.75 Å². The van der Waals surface area contributed by atoms with Crippen molar-refractivity contribution in [1.82, 2.24) is 9.97 Å². The molecule has 0 spiro atoms. The van der Waals surface area contributed by atoms with Gasteiger partial charge in [0, 0.05) is 10.8 Å². The average Bonchev–Trinajstić information content (AvgIpc) is 3.00. The molecule has 0 bridgehead atoms. The molecule has 0 aliphatic heterocycles. The Morgan fingerprint density at radius 3 is 2.64 bits per heavy atom. The molecule has 5 heteroatoms. The van der Waals surface area contributed by atoms with Crippen molar-refractivity contribution < 1.29 is 14.6 Å². The van der Waals surface area contributed by atoms with E-state index in [2.05, 4.69) is 9.97 Å². The van der Waals surface area contributed by atoms with E-state index in [9.17, 15) is 9.90 Å². The Morgan fingerprint density at radius 2 is 1.88 bits per heavy atom. The molecule has 0 amide bonds. The van der Waals surface area contributed by atoms with Crippen LogP contribution >= 0.6 is 0 Å². The number of carboxylic acids is 1. The van der Waals surface area contributed by atoms with E-state index in [1.54, 1.807) is 13.1 Å². The Bertz CT molecular complexity index is 1080. The van der Waals surface area contributed by atoms with Crippen molar-refractivity contribution in [2.75, 3.05) is 0 Å². The Hall–Kier alpha value is -3.34. The van der Waals surface area contributed by atoms with Gasteiger partial charge in [0.25, 0.3) is 0 Å².